The second kappa shape index (κ2) is 9.46. The van der Waals surface area contributed by atoms with E-state index in [1.165, 1.54) is 36.0 Å². The van der Waals surface area contributed by atoms with Crippen LogP contribution in [0.4, 0.5) is 17.1 Å². The predicted octanol–water partition coefficient (Wildman–Crippen LogP) is 5.75. The van der Waals surface area contributed by atoms with Crippen LogP contribution in [0.2, 0.25) is 0 Å². The number of non-ortho nitro benzene ring substituents is 1. The Morgan fingerprint density at radius 3 is 2.58 bits per heavy atom. The molecule has 0 radical (unpaired) electrons. The number of rotatable bonds is 6. The molecule has 1 atom stereocenters. The normalized spacial score (nSPS) is 15.7. The zero-order valence-corrected chi connectivity index (χ0v) is 19.0. The molecule has 2 amide bonds. The number of para-hydroxylation sites is 2. The van der Waals surface area contributed by atoms with Crippen LogP contribution < -0.4 is 10.2 Å². The molecular formula is C25H23N3O4S. The molecular weight excluding hydrogens is 438 g/mol. The van der Waals surface area contributed by atoms with Crippen molar-refractivity contribution in [3.8, 4) is 0 Å². The van der Waals surface area contributed by atoms with Gasteiger partial charge in [0.15, 0.2) is 0 Å². The maximum Gasteiger partial charge on any atom is 0.270 e. The van der Waals surface area contributed by atoms with Crippen molar-refractivity contribution in [2.24, 2.45) is 0 Å². The van der Waals surface area contributed by atoms with Gasteiger partial charge in [0.25, 0.3) is 11.6 Å². The molecule has 4 rings (SSSR count). The van der Waals surface area contributed by atoms with Crippen molar-refractivity contribution in [3.05, 3.63) is 99.6 Å². The second-order valence-electron chi connectivity index (χ2n) is 7.99. The maximum absolute atomic E-state index is 12.9. The number of nitro groups is 1. The molecule has 3 aromatic carbocycles. The smallest absolute Gasteiger partial charge is 0.270 e. The Balaban J connectivity index is 1.68. The van der Waals surface area contributed by atoms with Crippen LogP contribution in [0.25, 0.3) is 0 Å². The zero-order valence-electron chi connectivity index (χ0n) is 18.2. The monoisotopic (exact) mass is 461 g/mol. The largest absolute Gasteiger partial charge is 0.322 e. The first kappa shape index (κ1) is 22.5. The minimum absolute atomic E-state index is 0.0120. The standard InChI is InChI=1S/C25H23N3O4S/c1-16(2)19-10-4-6-13-22(19)27-23(29)15-33-25(27)20-11-3-5-12-21(20)26-24(30)17-8-7-9-18(14-17)28(31)32/h3-14,16,25H,15H2,1-2H3,(H,26,30)/t25-/m1/s1. The van der Waals surface area contributed by atoms with Crippen molar-refractivity contribution in [2.45, 2.75) is 25.1 Å². The van der Waals surface area contributed by atoms with E-state index in [0.29, 0.717) is 11.4 Å². The van der Waals surface area contributed by atoms with E-state index in [-0.39, 0.29) is 28.4 Å². The van der Waals surface area contributed by atoms with Crippen molar-refractivity contribution in [1.29, 1.82) is 0 Å². The first-order valence-electron chi connectivity index (χ1n) is 10.5. The summed E-state index contributed by atoms with van der Waals surface area (Å²) >= 11 is 1.51. The summed E-state index contributed by atoms with van der Waals surface area (Å²) in [4.78, 5) is 38.2. The fourth-order valence-electron chi connectivity index (χ4n) is 3.89. The average Bonchev–Trinajstić information content (AvgIpc) is 3.20. The summed E-state index contributed by atoms with van der Waals surface area (Å²) in [5.41, 5.74) is 3.35. The van der Waals surface area contributed by atoms with Crippen LogP contribution in [0.1, 0.15) is 46.6 Å². The van der Waals surface area contributed by atoms with Crippen LogP contribution >= 0.6 is 11.8 Å². The van der Waals surface area contributed by atoms with Gasteiger partial charge in [-0.1, -0.05) is 56.3 Å². The Kier molecular flexibility index (Phi) is 6.46. The summed E-state index contributed by atoms with van der Waals surface area (Å²) in [6, 6.07) is 20.8. The molecule has 1 heterocycles. The molecule has 7 nitrogen and oxygen atoms in total. The van der Waals surface area contributed by atoms with Crippen LogP contribution in [0.3, 0.4) is 0 Å². The lowest BCUT2D eigenvalue weighted by Gasteiger charge is -2.29. The van der Waals surface area contributed by atoms with E-state index in [0.717, 1.165) is 16.8 Å². The SMILES string of the molecule is CC(C)c1ccccc1N1C(=O)CS[C@@H]1c1ccccc1NC(=O)c1cccc([N+](=O)[O-])c1. The highest BCUT2D eigenvalue weighted by Gasteiger charge is 2.36. The Bertz CT molecular complexity index is 1230. The number of carbonyl (C=O) groups is 2. The van der Waals surface area contributed by atoms with Crippen molar-refractivity contribution in [1.82, 2.24) is 0 Å². The van der Waals surface area contributed by atoms with Crippen LogP contribution in [-0.2, 0) is 4.79 Å². The molecule has 0 aromatic heterocycles. The number of hydrogen-bond acceptors (Lipinski definition) is 5. The molecule has 1 fully saturated rings. The lowest BCUT2D eigenvalue weighted by atomic mass is 10.00. The van der Waals surface area contributed by atoms with Gasteiger partial charge in [0.05, 0.1) is 10.7 Å². The molecule has 0 aliphatic carbocycles. The Hall–Kier alpha value is -3.65. The molecule has 1 aliphatic rings. The fraction of sp³-hybridized carbons (Fsp3) is 0.200. The first-order valence-corrected chi connectivity index (χ1v) is 11.6. The van der Waals surface area contributed by atoms with Gasteiger partial charge >= 0.3 is 0 Å². The van der Waals surface area contributed by atoms with Gasteiger partial charge in [0.1, 0.15) is 5.37 Å². The average molecular weight is 462 g/mol. The van der Waals surface area contributed by atoms with Gasteiger partial charge in [-0.05, 0) is 29.7 Å². The molecule has 0 saturated carbocycles. The minimum Gasteiger partial charge on any atom is -0.322 e. The van der Waals surface area contributed by atoms with Crippen LogP contribution in [0.15, 0.2) is 72.8 Å². The van der Waals surface area contributed by atoms with Crippen molar-refractivity contribution < 1.29 is 14.5 Å². The summed E-state index contributed by atoms with van der Waals surface area (Å²) in [6.45, 7) is 4.18. The number of amides is 2. The third kappa shape index (κ3) is 4.61. The molecule has 1 N–H and O–H groups in total. The topological polar surface area (TPSA) is 92.6 Å². The van der Waals surface area contributed by atoms with E-state index < -0.39 is 10.8 Å². The Labute approximate surface area is 196 Å². The van der Waals surface area contributed by atoms with E-state index in [2.05, 4.69) is 19.2 Å². The lowest BCUT2D eigenvalue weighted by Crippen LogP contribution is -2.29. The van der Waals surface area contributed by atoms with Gasteiger partial charge in [-0.3, -0.25) is 24.6 Å². The quantitative estimate of drug-likeness (QED) is 0.373. The van der Waals surface area contributed by atoms with Crippen molar-refractivity contribution in [3.63, 3.8) is 0 Å². The third-order valence-corrected chi connectivity index (χ3v) is 6.67. The van der Waals surface area contributed by atoms with Crippen LogP contribution in [-0.4, -0.2) is 22.5 Å². The van der Waals surface area contributed by atoms with Crippen LogP contribution in [0.5, 0.6) is 0 Å². The number of thioether (sulfide) groups is 1. The highest BCUT2D eigenvalue weighted by Crippen LogP contribution is 2.46. The maximum atomic E-state index is 12.9. The van der Waals surface area contributed by atoms with Crippen molar-refractivity contribution in [2.75, 3.05) is 16.0 Å². The van der Waals surface area contributed by atoms with E-state index in [1.54, 1.807) is 17.0 Å². The van der Waals surface area contributed by atoms with Crippen LogP contribution in [0, 0.1) is 10.1 Å². The number of anilines is 2. The fourth-order valence-corrected chi connectivity index (χ4v) is 5.10. The summed E-state index contributed by atoms with van der Waals surface area (Å²) < 4.78 is 0. The molecule has 8 heteroatoms. The number of nitrogens with one attached hydrogen (secondary N) is 1. The zero-order chi connectivity index (χ0) is 23.5. The first-order chi connectivity index (χ1) is 15.9. The van der Waals surface area contributed by atoms with Gasteiger partial charge < -0.3 is 5.32 Å². The summed E-state index contributed by atoms with van der Waals surface area (Å²) in [6.07, 6.45) is 0. The van der Waals surface area contributed by atoms with Crippen molar-refractivity contribution >= 4 is 40.6 Å². The molecule has 168 valence electrons. The van der Waals surface area contributed by atoms with E-state index in [4.69, 9.17) is 0 Å². The van der Waals surface area contributed by atoms with E-state index >= 15 is 0 Å². The summed E-state index contributed by atoms with van der Waals surface area (Å²) in [5, 5.41) is 13.6. The highest BCUT2D eigenvalue weighted by molar-refractivity contribution is 8.00. The molecule has 1 saturated heterocycles. The second-order valence-corrected chi connectivity index (χ2v) is 9.06. The van der Waals surface area contributed by atoms with Gasteiger partial charge in [-0.15, -0.1) is 11.8 Å². The van der Waals surface area contributed by atoms with E-state index in [9.17, 15) is 19.7 Å². The van der Waals surface area contributed by atoms with Gasteiger partial charge in [-0.2, -0.15) is 0 Å². The molecule has 1 aliphatic heterocycles. The number of carbonyl (C=O) groups excluding carboxylic acids is 2. The molecule has 0 spiro atoms. The number of nitro benzene ring substituents is 1. The number of hydrogen-bond donors (Lipinski definition) is 1. The third-order valence-electron chi connectivity index (χ3n) is 5.48. The predicted molar refractivity (Wildman–Crippen MR) is 131 cm³/mol. The van der Waals surface area contributed by atoms with Gasteiger partial charge in [0, 0.05) is 34.6 Å². The number of nitrogens with zero attached hydrogens (tertiary/aromatic N) is 2. The minimum atomic E-state index is -0.532. The Morgan fingerprint density at radius 2 is 1.82 bits per heavy atom. The van der Waals surface area contributed by atoms with Gasteiger partial charge in [0.2, 0.25) is 5.91 Å². The molecule has 33 heavy (non-hydrogen) atoms. The molecule has 0 bridgehead atoms. The van der Waals surface area contributed by atoms with Gasteiger partial charge in [-0.25, -0.2) is 0 Å². The molecule has 0 unspecified atom stereocenters. The van der Waals surface area contributed by atoms with E-state index in [1.807, 2.05) is 36.4 Å². The summed E-state index contributed by atoms with van der Waals surface area (Å²) in [5.74, 6) is 0.140. The number of benzene rings is 3. The Morgan fingerprint density at radius 1 is 1.09 bits per heavy atom. The highest BCUT2D eigenvalue weighted by atomic mass is 32.2. The molecule has 3 aromatic rings. The lowest BCUT2D eigenvalue weighted by molar-refractivity contribution is -0.384. The summed E-state index contributed by atoms with van der Waals surface area (Å²) in [7, 11) is 0.